The Morgan fingerprint density at radius 3 is 2.55 bits per heavy atom. The molecule has 1 fully saturated rings. The van der Waals surface area contributed by atoms with Crippen molar-refractivity contribution in [1.82, 2.24) is 0 Å². The van der Waals surface area contributed by atoms with Crippen molar-refractivity contribution >= 4 is 5.69 Å². The van der Waals surface area contributed by atoms with E-state index in [0.29, 0.717) is 18.7 Å². The molecule has 1 aliphatic heterocycles. The lowest BCUT2D eigenvalue weighted by molar-refractivity contribution is 0.194. The van der Waals surface area contributed by atoms with Gasteiger partial charge in [-0.05, 0) is 36.2 Å². The maximum Gasteiger partial charge on any atom is 0.143 e. The number of hydrogen-bond donors (Lipinski definition) is 1. The highest BCUT2D eigenvalue weighted by atomic mass is 19.1. The fourth-order valence-corrected chi connectivity index (χ4v) is 2.94. The highest BCUT2D eigenvalue weighted by Crippen LogP contribution is 2.38. The van der Waals surface area contributed by atoms with E-state index < -0.39 is 11.9 Å². The smallest absolute Gasteiger partial charge is 0.143 e. The maximum absolute atomic E-state index is 13.8. The number of rotatable bonds is 2. The number of anilines is 1. The van der Waals surface area contributed by atoms with E-state index in [1.165, 1.54) is 24.3 Å². The molecule has 3 nitrogen and oxygen atoms in total. The summed E-state index contributed by atoms with van der Waals surface area (Å²) in [5.41, 5.74) is 1.24. The van der Waals surface area contributed by atoms with Gasteiger partial charge in [0.15, 0.2) is 0 Å². The van der Waals surface area contributed by atoms with E-state index in [1.54, 1.807) is 23.1 Å². The third kappa shape index (κ3) is 2.53. The Balaban J connectivity index is 2.03. The van der Waals surface area contributed by atoms with Gasteiger partial charge in [-0.15, -0.1) is 0 Å². The molecule has 1 N–H and O–H groups in total. The van der Waals surface area contributed by atoms with Gasteiger partial charge < -0.3 is 10.0 Å². The molecular weight excluding hydrogens is 286 g/mol. The average Bonchev–Trinajstić information content (AvgIpc) is 2.89. The predicted molar refractivity (Wildman–Crippen MR) is 78.2 cm³/mol. The number of β-amino-alcohol motifs (C(OH)–C–C–N with tert-alkyl or cyclic N) is 1. The van der Waals surface area contributed by atoms with Crippen molar-refractivity contribution < 1.29 is 13.9 Å². The first-order valence-corrected chi connectivity index (χ1v) is 6.99. The van der Waals surface area contributed by atoms with Crippen molar-refractivity contribution in [1.29, 1.82) is 5.26 Å². The molecule has 0 aliphatic carbocycles. The van der Waals surface area contributed by atoms with Crippen LogP contribution in [0.3, 0.4) is 0 Å². The first-order chi connectivity index (χ1) is 10.6. The second-order valence-corrected chi connectivity index (χ2v) is 5.36. The van der Waals surface area contributed by atoms with Gasteiger partial charge in [0, 0.05) is 6.54 Å². The molecule has 0 bridgehead atoms. The van der Waals surface area contributed by atoms with Crippen LogP contribution in [0.15, 0.2) is 42.5 Å². The lowest BCUT2D eigenvalue weighted by Gasteiger charge is -2.27. The van der Waals surface area contributed by atoms with Gasteiger partial charge in [-0.1, -0.05) is 18.2 Å². The zero-order valence-corrected chi connectivity index (χ0v) is 11.7. The molecule has 0 radical (unpaired) electrons. The fraction of sp³-hybridized carbons (Fsp3) is 0.235. The summed E-state index contributed by atoms with van der Waals surface area (Å²) >= 11 is 0. The molecule has 0 unspecified atom stereocenters. The second-order valence-electron chi connectivity index (χ2n) is 5.36. The molecule has 2 atom stereocenters. The first kappa shape index (κ1) is 14.5. The van der Waals surface area contributed by atoms with Gasteiger partial charge in [0.05, 0.1) is 17.8 Å². The number of hydrogen-bond acceptors (Lipinski definition) is 3. The number of nitriles is 1. The highest BCUT2D eigenvalue weighted by molar-refractivity contribution is 5.62. The summed E-state index contributed by atoms with van der Waals surface area (Å²) in [7, 11) is 0. The normalized spacial score (nSPS) is 20.9. The summed E-state index contributed by atoms with van der Waals surface area (Å²) in [6.07, 6.45) is -0.127. The molecule has 5 heteroatoms. The van der Waals surface area contributed by atoms with Crippen LogP contribution >= 0.6 is 0 Å². The molecule has 3 rings (SSSR count). The van der Waals surface area contributed by atoms with Gasteiger partial charge in [-0.25, -0.2) is 8.78 Å². The lowest BCUT2D eigenvalue weighted by Crippen LogP contribution is -2.25. The Morgan fingerprint density at radius 1 is 1.14 bits per heavy atom. The number of halogens is 2. The topological polar surface area (TPSA) is 47.3 Å². The summed E-state index contributed by atoms with van der Waals surface area (Å²) in [4.78, 5) is 1.81. The van der Waals surface area contributed by atoms with Crippen LogP contribution in [0.25, 0.3) is 0 Å². The Bertz CT molecular complexity index is 724. The van der Waals surface area contributed by atoms with Gasteiger partial charge >= 0.3 is 0 Å². The minimum Gasteiger partial charge on any atom is -0.391 e. The van der Waals surface area contributed by atoms with Gasteiger partial charge in [0.2, 0.25) is 0 Å². The van der Waals surface area contributed by atoms with E-state index in [1.807, 2.05) is 6.07 Å². The summed E-state index contributed by atoms with van der Waals surface area (Å²) in [6, 6.07) is 12.1. The number of benzene rings is 2. The molecule has 22 heavy (non-hydrogen) atoms. The molecular formula is C17H14F2N2O. The molecule has 1 heterocycles. The number of nitrogens with zero attached hydrogens (tertiary/aromatic N) is 2. The zero-order valence-electron chi connectivity index (χ0n) is 11.7. The molecule has 0 saturated carbocycles. The van der Waals surface area contributed by atoms with Crippen molar-refractivity contribution in [2.45, 2.75) is 18.6 Å². The summed E-state index contributed by atoms with van der Waals surface area (Å²) in [5.74, 6) is -0.920. The quantitative estimate of drug-likeness (QED) is 0.927. The van der Waals surface area contributed by atoms with Crippen LogP contribution in [0.4, 0.5) is 14.5 Å². The standard InChI is InChI=1S/C17H14F2N2O/c18-12-6-4-11(5-7-12)17-8-13(22)10-21(17)16-3-1-2-15(19)14(16)9-20/h1-7,13,17,22H,8,10H2/t13-,17+/m1/s1. The van der Waals surface area contributed by atoms with E-state index in [4.69, 9.17) is 0 Å². The number of aliphatic hydroxyl groups is 1. The minimum absolute atomic E-state index is 0.0382. The van der Waals surface area contributed by atoms with Crippen molar-refractivity contribution in [2.24, 2.45) is 0 Å². The molecule has 2 aromatic rings. The largest absolute Gasteiger partial charge is 0.391 e. The van der Waals surface area contributed by atoms with Gasteiger partial charge in [-0.2, -0.15) is 5.26 Å². The summed E-state index contributed by atoms with van der Waals surface area (Å²) < 4.78 is 26.9. The Kier molecular flexibility index (Phi) is 3.78. The Labute approximate surface area is 127 Å². The van der Waals surface area contributed by atoms with E-state index in [-0.39, 0.29) is 17.4 Å². The monoisotopic (exact) mass is 300 g/mol. The van der Waals surface area contributed by atoms with Gasteiger partial charge in [0.25, 0.3) is 0 Å². The van der Waals surface area contributed by atoms with Crippen LogP contribution in [-0.4, -0.2) is 17.8 Å². The van der Waals surface area contributed by atoms with Gasteiger partial charge in [0.1, 0.15) is 23.3 Å². The van der Waals surface area contributed by atoms with Crippen LogP contribution in [0, 0.1) is 23.0 Å². The second kappa shape index (κ2) is 5.74. The third-order valence-corrected chi connectivity index (χ3v) is 3.95. The number of aliphatic hydroxyl groups excluding tert-OH is 1. The third-order valence-electron chi connectivity index (χ3n) is 3.95. The zero-order chi connectivity index (χ0) is 15.7. The van der Waals surface area contributed by atoms with E-state index in [2.05, 4.69) is 0 Å². The molecule has 1 aliphatic rings. The molecule has 1 saturated heterocycles. The van der Waals surface area contributed by atoms with E-state index in [9.17, 15) is 19.1 Å². The van der Waals surface area contributed by atoms with E-state index in [0.717, 1.165) is 5.56 Å². The molecule has 0 spiro atoms. The lowest BCUT2D eigenvalue weighted by atomic mass is 10.0. The predicted octanol–water partition coefficient (Wildman–Crippen LogP) is 3.15. The fourth-order valence-electron chi connectivity index (χ4n) is 2.94. The van der Waals surface area contributed by atoms with Crippen molar-refractivity contribution in [2.75, 3.05) is 11.4 Å². The van der Waals surface area contributed by atoms with Crippen molar-refractivity contribution in [3.8, 4) is 6.07 Å². The summed E-state index contributed by atoms with van der Waals surface area (Å²) in [5, 5.41) is 19.2. The Hall–Kier alpha value is -2.45. The first-order valence-electron chi connectivity index (χ1n) is 6.99. The van der Waals surface area contributed by atoms with Gasteiger partial charge in [-0.3, -0.25) is 0 Å². The molecule has 0 amide bonds. The van der Waals surface area contributed by atoms with Crippen molar-refractivity contribution in [3.05, 3.63) is 65.2 Å². The average molecular weight is 300 g/mol. The highest BCUT2D eigenvalue weighted by Gasteiger charge is 2.33. The summed E-state index contributed by atoms with van der Waals surface area (Å²) in [6.45, 7) is 0.306. The molecule has 112 valence electrons. The van der Waals surface area contributed by atoms with Crippen LogP contribution in [-0.2, 0) is 0 Å². The minimum atomic E-state index is -0.584. The van der Waals surface area contributed by atoms with Crippen molar-refractivity contribution in [3.63, 3.8) is 0 Å². The SMILES string of the molecule is N#Cc1c(F)cccc1N1C[C@H](O)C[C@H]1c1ccc(F)cc1. The van der Waals surface area contributed by atoms with E-state index >= 15 is 0 Å². The van der Waals surface area contributed by atoms with Crippen LogP contribution < -0.4 is 4.90 Å². The van der Waals surface area contributed by atoms with Crippen LogP contribution in [0.5, 0.6) is 0 Å². The van der Waals surface area contributed by atoms with Crippen LogP contribution in [0.2, 0.25) is 0 Å². The molecule has 2 aromatic carbocycles. The molecule has 0 aromatic heterocycles. The Morgan fingerprint density at radius 2 is 1.86 bits per heavy atom. The maximum atomic E-state index is 13.8. The van der Waals surface area contributed by atoms with Crippen LogP contribution in [0.1, 0.15) is 23.6 Å².